The number of rotatable bonds is 5. The van der Waals surface area contributed by atoms with Crippen molar-refractivity contribution in [2.45, 2.75) is 12.8 Å². The average Bonchev–Trinajstić information content (AvgIpc) is 2.42. The number of halogens is 3. The minimum atomic E-state index is 0. The van der Waals surface area contributed by atoms with Crippen molar-refractivity contribution in [3.8, 4) is 0 Å². The molecular formula is C15H21Cl3N2-2. The summed E-state index contributed by atoms with van der Waals surface area (Å²) in [6.45, 7) is 4.42. The number of piperidine rings is 1. The highest BCUT2D eigenvalue weighted by atomic mass is 35.5. The van der Waals surface area contributed by atoms with Gasteiger partial charge in [0.15, 0.2) is 0 Å². The van der Waals surface area contributed by atoms with Crippen molar-refractivity contribution in [3.05, 3.63) is 40.9 Å². The minimum Gasteiger partial charge on any atom is -1.00 e. The lowest BCUT2D eigenvalue weighted by Gasteiger charge is -2.22. The number of hydrogen-bond acceptors (Lipinski definition) is 2. The van der Waals surface area contributed by atoms with Gasteiger partial charge in [0.25, 0.3) is 0 Å². The second-order valence-corrected chi connectivity index (χ2v) is 5.24. The summed E-state index contributed by atoms with van der Waals surface area (Å²) in [6, 6.07) is 7.91. The summed E-state index contributed by atoms with van der Waals surface area (Å²) in [5.41, 5.74) is 1.20. The van der Waals surface area contributed by atoms with E-state index in [1.807, 2.05) is 24.3 Å². The van der Waals surface area contributed by atoms with Gasteiger partial charge in [-0.15, -0.1) is 0 Å². The van der Waals surface area contributed by atoms with Crippen LogP contribution >= 0.6 is 11.6 Å². The Balaban J connectivity index is 0.00000180. The van der Waals surface area contributed by atoms with Gasteiger partial charge in [-0.3, -0.25) is 0 Å². The summed E-state index contributed by atoms with van der Waals surface area (Å²) in [6.07, 6.45) is 6.90. The van der Waals surface area contributed by atoms with Gasteiger partial charge >= 0.3 is 0 Å². The van der Waals surface area contributed by atoms with Gasteiger partial charge in [0.1, 0.15) is 0 Å². The van der Waals surface area contributed by atoms with E-state index in [1.165, 1.54) is 31.5 Å². The van der Waals surface area contributed by atoms with Crippen LogP contribution in [0.25, 0.3) is 6.08 Å². The first-order chi connectivity index (χ1) is 8.84. The molecule has 1 aromatic carbocycles. The fraction of sp³-hybridized carbons (Fsp3) is 0.467. The SMILES string of the molecule is Clc1ccc(/C=C/CNCC2CCNCC2)cc1.[Cl-].[Cl-]. The zero-order valence-corrected chi connectivity index (χ0v) is 13.7. The standard InChI is InChI=1S/C15H21ClN2.2ClH/c16-15-5-3-13(4-6-15)2-1-9-18-12-14-7-10-17-11-8-14;;/h1-6,14,17-18H,7-12H2;2*1H/p-2/b2-1+;;. The molecule has 0 aromatic heterocycles. The molecule has 0 unspecified atom stereocenters. The van der Waals surface area contributed by atoms with Crippen LogP contribution in [0.1, 0.15) is 18.4 Å². The second-order valence-electron chi connectivity index (χ2n) is 4.81. The fourth-order valence-electron chi connectivity index (χ4n) is 2.23. The lowest BCUT2D eigenvalue weighted by atomic mass is 9.98. The van der Waals surface area contributed by atoms with Crippen LogP contribution in [0.5, 0.6) is 0 Å². The largest absolute Gasteiger partial charge is 1.00 e. The van der Waals surface area contributed by atoms with Gasteiger partial charge in [-0.25, -0.2) is 0 Å². The number of benzene rings is 1. The van der Waals surface area contributed by atoms with Crippen molar-refractivity contribution in [1.82, 2.24) is 10.6 Å². The van der Waals surface area contributed by atoms with E-state index < -0.39 is 0 Å². The second kappa shape index (κ2) is 11.4. The van der Waals surface area contributed by atoms with Gasteiger partial charge < -0.3 is 35.4 Å². The summed E-state index contributed by atoms with van der Waals surface area (Å²) < 4.78 is 0. The molecule has 0 bridgehead atoms. The van der Waals surface area contributed by atoms with E-state index in [-0.39, 0.29) is 24.8 Å². The fourth-order valence-corrected chi connectivity index (χ4v) is 2.35. The Labute approximate surface area is 139 Å². The lowest BCUT2D eigenvalue weighted by molar-refractivity contribution is -0.001000. The summed E-state index contributed by atoms with van der Waals surface area (Å²) in [4.78, 5) is 0. The molecule has 1 fully saturated rings. The van der Waals surface area contributed by atoms with Crippen molar-refractivity contribution in [2.24, 2.45) is 5.92 Å². The van der Waals surface area contributed by atoms with Crippen LogP contribution in [0.2, 0.25) is 5.02 Å². The van der Waals surface area contributed by atoms with Crippen molar-refractivity contribution in [2.75, 3.05) is 26.2 Å². The maximum atomic E-state index is 5.84. The van der Waals surface area contributed by atoms with Crippen LogP contribution in [0.15, 0.2) is 30.3 Å². The van der Waals surface area contributed by atoms with Crippen LogP contribution in [0.4, 0.5) is 0 Å². The third kappa shape index (κ3) is 7.51. The molecule has 1 aliphatic rings. The molecule has 0 radical (unpaired) electrons. The maximum Gasteiger partial charge on any atom is 0.0406 e. The molecule has 2 N–H and O–H groups in total. The Bertz CT molecular complexity index is 373. The number of hydrogen-bond donors (Lipinski definition) is 2. The van der Waals surface area contributed by atoms with E-state index in [2.05, 4.69) is 22.8 Å². The maximum absolute atomic E-state index is 5.84. The van der Waals surface area contributed by atoms with E-state index in [0.29, 0.717) is 0 Å². The first-order valence-electron chi connectivity index (χ1n) is 6.68. The molecule has 1 heterocycles. The molecule has 0 spiro atoms. The first kappa shape index (κ1) is 19.8. The van der Waals surface area contributed by atoms with Gasteiger partial charge in [-0.1, -0.05) is 35.9 Å². The Hall–Kier alpha value is -0.250. The monoisotopic (exact) mass is 334 g/mol. The van der Waals surface area contributed by atoms with Crippen molar-refractivity contribution < 1.29 is 24.8 Å². The van der Waals surface area contributed by atoms with Gasteiger partial charge in [-0.05, 0) is 56.1 Å². The molecule has 2 nitrogen and oxygen atoms in total. The molecular weight excluding hydrogens is 315 g/mol. The van der Waals surface area contributed by atoms with E-state index in [0.717, 1.165) is 24.0 Å². The topological polar surface area (TPSA) is 24.1 Å². The van der Waals surface area contributed by atoms with Crippen LogP contribution in [0, 0.1) is 5.92 Å². The first-order valence-corrected chi connectivity index (χ1v) is 7.06. The van der Waals surface area contributed by atoms with Crippen LogP contribution in [0.3, 0.4) is 0 Å². The molecule has 1 aromatic rings. The highest BCUT2D eigenvalue weighted by Crippen LogP contribution is 2.11. The van der Waals surface area contributed by atoms with Gasteiger partial charge in [-0.2, -0.15) is 0 Å². The van der Waals surface area contributed by atoms with Crippen molar-refractivity contribution in [3.63, 3.8) is 0 Å². The Morgan fingerprint density at radius 2 is 1.80 bits per heavy atom. The zero-order chi connectivity index (χ0) is 12.6. The van der Waals surface area contributed by atoms with E-state index >= 15 is 0 Å². The van der Waals surface area contributed by atoms with E-state index in [4.69, 9.17) is 11.6 Å². The third-order valence-electron chi connectivity index (χ3n) is 3.33. The molecule has 0 saturated carbocycles. The normalized spacial score (nSPS) is 15.7. The molecule has 1 saturated heterocycles. The summed E-state index contributed by atoms with van der Waals surface area (Å²) in [5.74, 6) is 0.843. The Kier molecular flexibility index (Phi) is 11.3. The lowest BCUT2D eigenvalue weighted by Crippen LogP contribution is -3.00. The molecule has 0 amide bonds. The third-order valence-corrected chi connectivity index (χ3v) is 3.59. The highest BCUT2D eigenvalue weighted by Gasteiger charge is 2.11. The molecule has 1 aliphatic heterocycles. The van der Waals surface area contributed by atoms with Crippen molar-refractivity contribution >= 4 is 17.7 Å². The summed E-state index contributed by atoms with van der Waals surface area (Å²) in [7, 11) is 0. The van der Waals surface area contributed by atoms with Crippen molar-refractivity contribution in [1.29, 1.82) is 0 Å². The predicted octanol–water partition coefficient (Wildman–Crippen LogP) is -3.05. The number of nitrogens with one attached hydrogen (secondary N) is 2. The molecule has 114 valence electrons. The quantitative estimate of drug-likeness (QED) is 0.559. The van der Waals surface area contributed by atoms with Gasteiger partial charge in [0, 0.05) is 11.6 Å². The summed E-state index contributed by atoms with van der Waals surface area (Å²) in [5, 5.41) is 7.67. The van der Waals surface area contributed by atoms with Crippen LogP contribution < -0.4 is 35.4 Å². The average molecular weight is 336 g/mol. The molecule has 5 heteroatoms. The smallest absolute Gasteiger partial charge is 0.0406 e. The Morgan fingerprint density at radius 1 is 1.15 bits per heavy atom. The minimum absolute atomic E-state index is 0. The van der Waals surface area contributed by atoms with Crippen LogP contribution in [-0.2, 0) is 0 Å². The highest BCUT2D eigenvalue weighted by molar-refractivity contribution is 6.30. The molecule has 0 aliphatic carbocycles. The molecule has 2 rings (SSSR count). The van der Waals surface area contributed by atoms with Gasteiger partial charge in [0.2, 0.25) is 0 Å². The Morgan fingerprint density at radius 3 is 2.45 bits per heavy atom. The van der Waals surface area contributed by atoms with Crippen LogP contribution in [-0.4, -0.2) is 26.2 Å². The zero-order valence-electron chi connectivity index (χ0n) is 11.4. The molecule has 20 heavy (non-hydrogen) atoms. The molecule has 0 atom stereocenters. The van der Waals surface area contributed by atoms with E-state index in [9.17, 15) is 0 Å². The summed E-state index contributed by atoms with van der Waals surface area (Å²) >= 11 is 5.84. The predicted molar refractivity (Wildman–Crippen MR) is 78.9 cm³/mol. The van der Waals surface area contributed by atoms with E-state index in [1.54, 1.807) is 0 Å². The van der Waals surface area contributed by atoms with Gasteiger partial charge in [0.05, 0.1) is 0 Å².